The monoisotopic (exact) mass is 387 g/mol. The van der Waals surface area contributed by atoms with Gasteiger partial charge in [0.15, 0.2) is 0 Å². The van der Waals surface area contributed by atoms with Crippen molar-refractivity contribution in [2.45, 2.75) is 11.5 Å². The van der Waals surface area contributed by atoms with Crippen molar-refractivity contribution in [3.63, 3.8) is 0 Å². The van der Waals surface area contributed by atoms with Gasteiger partial charge in [0.1, 0.15) is 5.60 Å². The molecule has 0 spiro atoms. The largest absolute Gasteiger partial charge is 0.396 e. The Labute approximate surface area is 158 Å². The number of hydrogen-bond acceptors (Lipinski definition) is 3. The van der Waals surface area contributed by atoms with E-state index in [0.717, 1.165) is 17.7 Å². The van der Waals surface area contributed by atoms with Gasteiger partial charge in [-0.1, -0.05) is 53.5 Å². The highest BCUT2D eigenvalue weighted by Gasteiger charge is 2.45. The summed E-state index contributed by atoms with van der Waals surface area (Å²) >= 11 is 12.7. The molecule has 3 nitrogen and oxygen atoms in total. The minimum atomic E-state index is -0.754. The molecule has 1 saturated heterocycles. The number of hydrogen-bond donors (Lipinski definition) is 2. The molecule has 0 aliphatic carbocycles. The van der Waals surface area contributed by atoms with Crippen molar-refractivity contribution in [1.82, 2.24) is 5.32 Å². The summed E-state index contributed by atoms with van der Waals surface area (Å²) < 4.78 is 6.23. The fourth-order valence-electron chi connectivity index (χ4n) is 3.24. The average molecular weight is 389 g/mol. The van der Waals surface area contributed by atoms with Gasteiger partial charge < -0.3 is 15.2 Å². The highest BCUT2D eigenvalue weighted by Crippen LogP contribution is 2.44. The Balaban J connectivity index is 0.00000208. The second-order valence-electron chi connectivity index (χ2n) is 5.68. The van der Waals surface area contributed by atoms with E-state index in [9.17, 15) is 5.11 Å². The molecule has 1 fully saturated rings. The van der Waals surface area contributed by atoms with E-state index < -0.39 is 5.60 Å². The molecule has 2 aromatic rings. The normalized spacial score (nSPS) is 21.8. The van der Waals surface area contributed by atoms with Crippen LogP contribution < -0.4 is 5.32 Å². The minimum Gasteiger partial charge on any atom is -0.396 e. The Kier molecular flexibility index (Phi) is 6.93. The predicted octanol–water partition coefficient (Wildman–Crippen LogP) is 4.01. The van der Waals surface area contributed by atoms with Crippen LogP contribution in [0.3, 0.4) is 0 Å². The number of ether oxygens (including phenoxy) is 1. The summed E-state index contributed by atoms with van der Waals surface area (Å²) in [6.45, 7) is 1.83. The number of morpholine rings is 1. The van der Waals surface area contributed by atoms with E-state index in [1.807, 2.05) is 36.4 Å². The summed E-state index contributed by atoms with van der Waals surface area (Å²) in [5.74, 6) is -0.243. The van der Waals surface area contributed by atoms with E-state index in [4.69, 9.17) is 27.9 Å². The van der Waals surface area contributed by atoms with Gasteiger partial charge in [-0.3, -0.25) is 0 Å². The molecular weight excluding hydrogens is 369 g/mol. The fourth-order valence-corrected chi connectivity index (χ4v) is 3.69. The van der Waals surface area contributed by atoms with E-state index in [1.165, 1.54) is 0 Å². The predicted molar refractivity (Wildman–Crippen MR) is 100 cm³/mol. The Bertz CT molecular complexity index is 661. The zero-order valence-electron chi connectivity index (χ0n) is 13.0. The Morgan fingerprint density at radius 1 is 1.17 bits per heavy atom. The summed E-state index contributed by atoms with van der Waals surface area (Å²) in [6, 6.07) is 15.2. The van der Waals surface area contributed by atoms with Crippen LogP contribution in [0.15, 0.2) is 48.5 Å². The summed E-state index contributed by atoms with van der Waals surface area (Å²) in [5.41, 5.74) is 1.06. The number of rotatable bonds is 4. The van der Waals surface area contributed by atoms with Gasteiger partial charge >= 0.3 is 0 Å². The standard InChI is InChI=1S/C18H19Cl2NO2.ClH/c19-14-6-7-17(20)15(10-14)18(12-21-8-9-23-18)16(11-22)13-4-2-1-3-5-13;/h1-7,10,16,21-22H,8-9,11-12H2;1H. The van der Waals surface area contributed by atoms with Crippen molar-refractivity contribution in [2.24, 2.45) is 0 Å². The van der Waals surface area contributed by atoms with E-state index in [1.54, 1.807) is 12.1 Å². The zero-order valence-corrected chi connectivity index (χ0v) is 15.4. The molecule has 0 amide bonds. The SMILES string of the molecule is Cl.OCC(c1ccccc1)C1(c2cc(Cl)ccc2Cl)CNCCO1. The van der Waals surface area contributed by atoms with Crippen LogP contribution in [0.25, 0.3) is 0 Å². The molecule has 0 aromatic heterocycles. The second-order valence-corrected chi connectivity index (χ2v) is 6.53. The first-order valence-corrected chi connectivity index (χ1v) is 8.39. The molecule has 24 heavy (non-hydrogen) atoms. The third kappa shape index (κ3) is 3.72. The highest BCUT2D eigenvalue weighted by atomic mass is 35.5. The Hall–Kier alpha value is -0.810. The van der Waals surface area contributed by atoms with Gasteiger partial charge in [0.05, 0.1) is 13.2 Å². The molecule has 0 bridgehead atoms. The number of nitrogens with one attached hydrogen (secondary N) is 1. The Morgan fingerprint density at radius 2 is 1.92 bits per heavy atom. The molecule has 0 radical (unpaired) electrons. The lowest BCUT2D eigenvalue weighted by Gasteiger charge is -2.44. The Morgan fingerprint density at radius 3 is 2.54 bits per heavy atom. The first-order valence-electron chi connectivity index (χ1n) is 7.63. The van der Waals surface area contributed by atoms with Crippen molar-refractivity contribution in [2.75, 3.05) is 26.3 Å². The van der Waals surface area contributed by atoms with Gasteiger partial charge in [0, 0.05) is 34.6 Å². The first-order chi connectivity index (χ1) is 11.2. The molecule has 2 unspecified atom stereocenters. The first kappa shape index (κ1) is 19.5. The van der Waals surface area contributed by atoms with Crippen molar-refractivity contribution >= 4 is 35.6 Å². The van der Waals surface area contributed by atoms with Crippen LogP contribution in [0.4, 0.5) is 0 Å². The minimum absolute atomic E-state index is 0. The van der Waals surface area contributed by atoms with Gasteiger partial charge in [-0.2, -0.15) is 0 Å². The summed E-state index contributed by atoms with van der Waals surface area (Å²) in [6.07, 6.45) is 0. The molecule has 3 rings (SSSR count). The molecular formula is C18H20Cl3NO2. The molecule has 0 saturated carbocycles. The summed E-state index contributed by atoms with van der Waals surface area (Å²) in [7, 11) is 0. The number of aliphatic hydroxyl groups is 1. The maximum Gasteiger partial charge on any atom is 0.116 e. The van der Waals surface area contributed by atoms with Crippen LogP contribution in [0.1, 0.15) is 17.0 Å². The molecule has 2 atom stereocenters. The smallest absolute Gasteiger partial charge is 0.116 e. The number of benzene rings is 2. The van der Waals surface area contributed by atoms with Crippen molar-refractivity contribution in [3.8, 4) is 0 Å². The van der Waals surface area contributed by atoms with Gasteiger partial charge in [-0.25, -0.2) is 0 Å². The average Bonchev–Trinajstić information content (AvgIpc) is 2.59. The molecule has 130 valence electrons. The molecule has 6 heteroatoms. The van der Waals surface area contributed by atoms with Gasteiger partial charge in [0.2, 0.25) is 0 Å². The maximum atomic E-state index is 10.1. The zero-order chi connectivity index (χ0) is 16.3. The summed E-state index contributed by atoms with van der Waals surface area (Å²) in [4.78, 5) is 0. The summed E-state index contributed by atoms with van der Waals surface area (Å²) in [5, 5.41) is 14.7. The van der Waals surface area contributed by atoms with Crippen LogP contribution in [-0.2, 0) is 10.3 Å². The lowest BCUT2D eigenvalue weighted by atomic mass is 9.76. The topological polar surface area (TPSA) is 41.5 Å². The third-order valence-electron chi connectivity index (χ3n) is 4.36. The van der Waals surface area contributed by atoms with Gasteiger partial charge in [-0.15, -0.1) is 12.4 Å². The van der Waals surface area contributed by atoms with Crippen LogP contribution in [0, 0.1) is 0 Å². The number of halogens is 3. The molecule has 2 aromatic carbocycles. The lowest BCUT2D eigenvalue weighted by Crippen LogP contribution is -2.52. The van der Waals surface area contributed by atoms with E-state index in [2.05, 4.69) is 5.32 Å². The maximum absolute atomic E-state index is 10.1. The van der Waals surface area contributed by atoms with Crippen LogP contribution in [0.2, 0.25) is 10.0 Å². The van der Waals surface area contributed by atoms with Crippen LogP contribution in [-0.4, -0.2) is 31.4 Å². The van der Waals surface area contributed by atoms with Crippen LogP contribution in [0.5, 0.6) is 0 Å². The third-order valence-corrected chi connectivity index (χ3v) is 4.92. The van der Waals surface area contributed by atoms with Crippen LogP contribution >= 0.6 is 35.6 Å². The van der Waals surface area contributed by atoms with E-state index >= 15 is 0 Å². The van der Waals surface area contributed by atoms with E-state index in [0.29, 0.717) is 23.2 Å². The van der Waals surface area contributed by atoms with Crippen molar-refractivity contribution in [3.05, 3.63) is 69.7 Å². The molecule has 2 N–H and O–H groups in total. The van der Waals surface area contributed by atoms with Crippen molar-refractivity contribution in [1.29, 1.82) is 0 Å². The second kappa shape index (κ2) is 8.52. The molecule has 1 aliphatic heterocycles. The fraction of sp³-hybridized carbons (Fsp3) is 0.333. The van der Waals surface area contributed by atoms with Gasteiger partial charge in [-0.05, 0) is 23.8 Å². The van der Waals surface area contributed by atoms with Crippen molar-refractivity contribution < 1.29 is 9.84 Å². The quantitative estimate of drug-likeness (QED) is 0.831. The highest BCUT2D eigenvalue weighted by molar-refractivity contribution is 6.33. The number of aliphatic hydroxyl groups excluding tert-OH is 1. The van der Waals surface area contributed by atoms with E-state index in [-0.39, 0.29) is 24.9 Å². The lowest BCUT2D eigenvalue weighted by molar-refractivity contribution is -0.0990. The molecule has 1 heterocycles. The van der Waals surface area contributed by atoms with Gasteiger partial charge in [0.25, 0.3) is 0 Å². The molecule has 1 aliphatic rings.